The van der Waals surface area contributed by atoms with Gasteiger partial charge in [0.05, 0.1) is 12.0 Å². The molecule has 1 aromatic rings. The Kier molecular flexibility index (Phi) is 3.64. The summed E-state index contributed by atoms with van der Waals surface area (Å²) in [6, 6.07) is 4.72. The molecule has 0 amide bonds. The molecule has 6 heteroatoms. The van der Waals surface area contributed by atoms with Crippen molar-refractivity contribution >= 4 is 16.2 Å². The summed E-state index contributed by atoms with van der Waals surface area (Å²) in [5.74, 6) is 3.88. The van der Waals surface area contributed by atoms with Gasteiger partial charge in [0.25, 0.3) is 0 Å². The van der Waals surface area contributed by atoms with Gasteiger partial charge in [-0.3, -0.25) is 0 Å². The third-order valence-electron chi connectivity index (χ3n) is 1.63. The third kappa shape index (κ3) is 3.37. The molecule has 0 N–H and O–H groups in total. The van der Waals surface area contributed by atoms with Gasteiger partial charge in [-0.2, -0.15) is 8.42 Å². The van der Waals surface area contributed by atoms with Crippen LogP contribution in [0.15, 0.2) is 29.2 Å². The molecule has 0 saturated carbocycles. The molecule has 1 rings (SSSR count). The zero-order valence-corrected chi connectivity index (χ0v) is 9.05. The molecule has 0 heterocycles. The van der Waals surface area contributed by atoms with Crippen LogP contribution in [0.4, 0.5) is 3.89 Å². The lowest BCUT2D eigenvalue weighted by Crippen LogP contribution is -1.94. The molecule has 4 nitrogen and oxygen atoms in total. The molecule has 16 heavy (non-hydrogen) atoms. The predicted molar refractivity (Wildman–Crippen MR) is 53.6 cm³/mol. The van der Waals surface area contributed by atoms with E-state index in [0.717, 1.165) is 12.1 Å². The van der Waals surface area contributed by atoms with Crippen molar-refractivity contribution in [3.05, 3.63) is 29.8 Å². The fraction of sp³-hybridized carbons (Fsp3) is 0.100. The van der Waals surface area contributed by atoms with Gasteiger partial charge in [-0.05, 0) is 24.3 Å². The van der Waals surface area contributed by atoms with E-state index in [2.05, 4.69) is 16.6 Å². The average Bonchev–Trinajstić information content (AvgIpc) is 2.25. The minimum absolute atomic E-state index is 0.387. The molecular formula is C10H7FO4S. The van der Waals surface area contributed by atoms with Gasteiger partial charge >= 0.3 is 16.2 Å². The van der Waals surface area contributed by atoms with Crippen LogP contribution in [-0.4, -0.2) is 21.5 Å². The second kappa shape index (κ2) is 4.77. The van der Waals surface area contributed by atoms with E-state index >= 15 is 0 Å². The van der Waals surface area contributed by atoms with Crippen LogP contribution >= 0.6 is 0 Å². The number of carbonyl (C=O) groups is 1. The van der Waals surface area contributed by atoms with E-state index in [1.54, 1.807) is 0 Å². The molecule has 0 aliphatic heterocycles. The molecule has 0 unspecified atom stereocenters. The Labute approximate surface area is 92.3 Å². The van der Waals surface area contributed by atoms with Gasteiger partial charge in [-0.1, -0.05) is 5.92 Å². The highest BCUT2D eigenvalue weighted by Gasteiger charge is 2.10. The molecule has 1 aromatic carbocycles. The van der Waals surface area contributed by atoms with Crippen molar-refractivity contribution in [3.63, 3.8) is 0 Å². The summed E-state index contributed by atoms with van der Waals surface area (Å²) in [7, 11) is -3.51. The fourth-order valence-corrected chi connectivity index (χ4v) is 1.34. The topological polar surface area (TPSA) is 60.4 Å². The summed E-state index contributed by atoms with van der Waals surface area (Å²) in [6.07, 6.45) is 0. The van der Waals surface area contributed by atoms with Gasteiger partial charge in [0, 0.05) is 11.5 Å². The van der Waals surface area contributed by atoms with Crippen LogP contribution in [0.25, 0.3) is 0 Å². The lowest BCUT2D eigenvalue weighted by Gasteiger charge is -1.94. The van der Waals surface area contributed by atoms with Crippen molar-refractivity contribution in [2.75, 3.05) is 7.11 Å². The Balaban J connectivity index is 2.95. The van der Waals surface area contributed by atoms with Crippen LogP contribution in [0.3, 0.4) is 0 Å². The van der Waals surface area contributed by atoms with Crippen molar-refractivity contribution in [1.29, 1.82) is 0 Å². The van der Waals surface area contributed by atoms with Crippen LogP contribution < -0.4 is 0 Å². The summed E-state index contributed by atoms with van der Waals surface area (Å²) in [6.45, 7) is 0. The molecular weight excluding hydrogens is 235 g/mol. The molecule has 0 aliphatic rings. The van der Waals surface area contributed by atoms with Crippen molar-refractivity contribution in [3.8, 4) is 11.8 Å². The summed E-state index contributed by atoms with van der Waals surface area (Å²) < 4.78 is 37.7. The Morgan fingerprint density at radius 1 is 1.31 bits per heavy atom. The molecule has 0 aromatic heterocycles. The number of esters is 1. The van der Waals surface area contributed by atoms with Crippen molar-refractivity contribution in [2.24, 2.45) is 0 Å². The first-order chi connectivity index (χ1) is 7.43. The van der Waals surface area contributed by atoms with Gasteiger partial charge in [-0.15, -0.1) is 3.89 Å². The number of carbonyl (C=O) groups excluding carboxylic acids is 1. The third-order valence-corrected chi connectivity index (χ3v) is 2.47. The quantitative estimate of drug-likeness (QED) is 0.416. The number of methoxy groups -OCH3 is 1. The number of hydrogen-bond donors (Lipinski definition) is 0. The highest BCUT2D eigenvalue weighted by molar-refractivity contribution is 7.86. The molecule has 0 atom stereocenters. The van der Waals surface area contributed by atoms with Crippen molar-refractivity contribution in [1.82, 2.24) is 0 Å². The van der Waals surface area contributed by atoms with E-state index in [9.17, 15) is 17.1 Å². The first-order valence-corrected chi connectivity index (χ1v) is 5.46. The van der Waals surface area contributed by atoms with Crippen LogP contribution in [0.5, 0.6) is 0 Å². The van der Waals surface area contributed by atoms with Crippen LogP contribution in [-0.2, 0) is 19.8 Å². The zero-order valence-electron chi connectivity index (χ0n) is 8.23. The lowest BCUT2D eigenvalue weighted by atomic mass is 10.2. The molecule has 0 bridgehead atoms. The summed E-state index contributed by atoms with van der Waals surface area (Å²) in [4.78, 5) is 10.2. The fourth-order valence-electron chi connectivity index (χ4n) is 0.875. The van der Waals surface area contributed by atoms with E-state index in [0.29, 0.717) is 5.56 Å². The van der Waals surface area contributed by atoms with Crippen LogP contribution in [0, 0.1) is 11.8 Å². The Morgan fingerprint density at radius 2 is 1.88 bits per heavy atom. The van der Waals surface area contributed by atoms with Crippen molar-refractivity contribution in [2.45, 2.75) is 4.90 Å². The number of hydrogen-bond acceptors (Lipinski definition) is 4. The minimum atomic E-state index is -4.70. The van der Waals surface area contributed by atoms with E-state index < -0.39 is 21.1 Å². The maximum Gasteiger partial charge on any atom is 0.384 e. The average molecular weight is 242 g/mol. The summed E-state index contributed by atoms with van der Waals surface area (Å²) in [5, 5.41) is 0. The van der Waals surface area contributed by atoms with Gasteiger partial charge in [0.1, 0.15) is 0 Å². The minimum Gasteiger partial charge on any atom is -0.459 e. The SMILES string of the molecule is COC(=O)C#Cc1ccc(S(=O)(=O)F)cc1. The number of rotatable bonds is 1. The Morgan fingerprint density at radius 3 is 2.31 bits per heavy atom. The molecule has 84 valence electrons. The van der Waals surface area contributed by atoms with E-state index in [1.165, 1.54) is 19.2 Å². The summed E-state index contributed by atoms with van der Waals surface area (Å²) in [5.41, 5.74) is 0.387. The van der Waals surface area contributed by atoms with Crippen LogP contribution in [0.2, 0.25) is 0 Å². The predicted octanol–water partition coefficient (Wildman–Crippen LogP) is 0.869. The highest BCUT2D eigenvalue weighted by atomic mass is 32.3. The smallest absolute Gasteiger partial charge is 0.384 e. The first-order valence-electron chi connectivity index (χ1n) is 4.08. The van der Waals surface area contributed by atoms with E-state index in [1.807, 2.05) is 0 Å². The number of ether oxygens (including phenoxy) is 1. The molecule has 0 spiro atoms. The first kappa shape index (κ1) is 12.2. The normalized spacial score (nSPS) is 10.1. The second-order valence-electron chi connectivity index (χ2n) is 2.70. The van der Waals surface area contributed by atoms with Gasteiger partial charge < -0.3 is 4.74 Å². The zero-order chi connectivity index (χ0) is 12.2. The summed E-state index contributed by atoms with van der Waals surface area (Å²) >= 11 is 0. The van der Waals surface area contributed by atoms with Gasteiger partial charge in [0.2, 0.25) is 0 Å². The van der Waals surface area contributed by atoms with Crippen molar-refractivity contribution < 1.29 is 21.8 Å². The molecule has 0 fully saturated rings. The number of halogens is 1. The largest absolute Gasteiger partial charge is 0.459 e. The van der Waals surface area contributed by atoms with Gasteiger partial charge in [0.15, 0.2) is 0 Å². The van der Waals surface area contributed by atoms with Gasteiger partial charge in [-0.25, -0.2) is 4.79 Å². The standard InChI is InChI=1S/C10H7FO4S/c1-15-10(12)7-4-8-2-5-9(6-3-8)16(11,13)14/h2-3,5-6H,1H3. The monoisotopic (exact) mass is 242 g/mol. The maximum atomic E-state index is 12.5. The molecule has 0 saturated heterocycles. The number of benzene rings is 1. The lowest BCUT2D eigenvalue weighted by molar-refractivity contribution is -0.133. The highest BCUT2D eigenvalue weighted by Crippen LogP contribution is 2.12. The van der Waals surface area contributed by atoms with Crippen LogP contribution in [0.1, 0.15) is 5.56 Å². The van der Waals surface area contributed by atoms with E-state index in [-0.39, 0.29) is 0 Å². The second-order valence-corrected chi connectivity index (χ2v) is 4.05. The molecule has 0 aliphatic carbocycles. The Hall–Kier alpha value is -1.87. The Bertz CT molecular complexity index is 549. The molecule has 0 radical (unpaired) electrons. The van der Waals surface area contributed by atoms with E-state index in [4.69, 9.17) is 0 Å². The maximum absolute atomic E-state index is 12.5.